The maximum absolute atomic E-state index is 12.9. The Morgan fingerprint density at radius 1 is 0.963 bits per heavy atom. The molecule has 2 saturated heterocycles. The first-order valence-corrected chi connectivity index (χ1v) is 11.0. The molecule has 150 valence electrons. The van der Waals surface area contributed by atoms with Gasteiger partial charge in [-0.1, -0.05) is 26.0 Å². The van der Waals surface area contributed by atoms with E-state index >= 15 is 0 Å². The molecule has 2 aliphatic rings. The van der Waals surface area contributed by atoms with Crippen LogP contribution in [-0.2, 0) is 21.2 Å². The number of ether oxygens (including phenoxy) is 1. The Kier molecular flexibility index (Phi) is 6.39. The topological polar surface area (TPSA) is 70.2 Å². The average molecular weight is 396 g/mol. The van der Waals surface area contributed by atoms with E-state index in [0.717, 1.165) is 12.0 Å². The molecule has 0 saturated carbocycles. The van der Waals surface area contributed by atoms with Gasteiger partial charge in [0.25, 0.3) is 0 Å². The van der Waals surface area contributed by atoms with Crippen LogP contribution < -0.4 is 0 Å². The van der Waals surface area contributed by atoms with Gasteiger partial charge in [-0.2, -0.15) is 4.31 Å². The van der Waals surface area contributed by atoms with Gasteiger partial charge >= 0.3 is 6.03 Å². The number of rotatable bonds is 4. The fraction of sp³-hybridized carbons (Fsp3) is 0.632. The third-order valence-electron chi connectivity index (χ3n) is 5.00. The zero-order chi connectivity index (χ0) is 19.4. The Bertz CT molecular complexity index is 735. The molecule has 27 heavy (non-hydrogen) atoms. The number of sulfonamides is 1. The molecule has 2 amide bonds. The van der Waals surface area contributed by atoms with Crippen molar-refractivity contribution in [3.05, 3.63) is 29.8 Å². The normalized spacial score (nSPS) is 19.5. The molecule has 1 aromatic rings. The first kappa shape index (κ1) is 20.1. The van der Waals surface area contributed by atoms with Crippen LogP contribution in [0.5, 0.6) is 0 Å². The van der Waals surface area contributed by atoms with E-state index in [9.17, 15) is 13.2 Å². The van der Waals surface area contributed by atoms with E-state index in [0.29, 0.717) is 63.3 Å². The number of carbonyl (C=O) groups excluding carboxylic acids is 1. The van der Waals surface area contributed by atoms with Crippen molar-refractivity contribution in [2.45, 2.75) is 25.2 Å². The summed E-state index contributed by atoms with van der Waals surface area (Å²) in [7, 11) is -3.52. The van der Waals surface area contributed by atoms with E-state index in [4.69, 9.17) is 4.74 Å². The Labute approximate surface area is 161 Å². The minimum absolute atomic E-state index is 0.0200. The molecule has 2 heterocycles. The van der Waals surface area contributed by atoms with Crippen molar-refractivity contribution in [2.24, 2.45) is 5.92 Å². The minimum Gasteiger partial charge on any atom is -0.378 e. The number of morpholine rings is 1. The van der Waals surface area contributed by atoms with Crippen molar-refractivity contribution in [1.29, 1.82) is 0 Å². The maximum Gasteiger partial charge on any atom is 0.320 e. The number of nitrogens with zero attached hydrogens (tertiary/aromatic N) is 3. The van der Waals surface area contributed by atoms with Crippen molar-refractivity contribution in [1.82, 2.24) is 14.1 Å². The highest BCUT2D eigenvalue weighted by molar-refractivity contribution is 7.89. The van der Waals surface area contributed by atoms with Crippen molar-refractivity contribution in [2.75, 3.05) is 52.5 Å². The van der Waals surface area contributed by atoms with E-state index in [2.05, 4.69) is 13.8 Å². The molecule has 0 atom stereocenters. The molecule has 0 spiro atoms. The average Bonchev–Trinajstić information content (AvgIpc) is 2.68. The monoisotopic (exact) mass is 395 g/mol. The van der Waals surface area contributed by atoms with Crippen molar-refractivity contribution in [3.8, 4) is 0 Å². The molecule has 2 fully saturated rings. The standard InChI is InChI=1S/C19H29N3O4S/c1-16(2)15-17-3-5-18(6-4-17)27(24,25)22-9-7-20(8-10-22)19(23)21-11-13-26-14-12-21/h3-6,16H,7-15H2,1-2H3. The molecular formula is C19H29N3O4S. The second-order valence-electron chi connectivity index (χ2n) is 7.52. The largest absolute Gasteiger partial charge is 0.378 e. The van der Waals surface area contributed by atoms with Crippen molar-refractivity contribution in [3.63, 3.8) is 0 Å². The van der Waals surface area contributed by atoms with E-state index in [-0.39, 0.29) is 6.03 Å². The molecule has 3 rings (SSSR count). The smallest absolute Gasteiger partial charge is 0.320 e. The van der Waals surface area contributed by atoms with Gasteiger partial charge in [-0.05, 0) is 30.0 Å². The number of carbonyl (C=O) groups is 1. The van der Waals surface area contributed by atoms with E-state index < -0.39 is 10.0 Å². The summed E-state index contributed by atoms with van der Waals surface area (Å²) in [5.41, 5.74) is 1.14. The lowest BCUT2D eigenvalue weighted by molar-refractivity contribution is 0.0405. The van der Waals surface area contributed by atoms with Crippen molar-refractivity contribution < 1.29 is 17.9 Å². The minimum atomic E-state index is -3.52. The highest BCUT2D eigenvalue weighted by Gasteiger charge is 2.32. The van der Waals surface area contributed by atoms with Crippen LogP contribution in [0, 0.1) is 5.92 Å². The first-order chi connectivity index (χ1) is 12.9. The summed E-state index contributed by atoms with van der Waals surface area (Å²) in [5, 5.41) is 0. The summed E-state index contributed by atoms with van der Waals surface area (Å²) in [6.07, 6.45) is 0.933. The van der Waals surface area contributed by atoms with Gasteiger partial charge in [-0.15, -0.1) is 0 Å². The SMILES string of the molecule is CC(C)Cc1ccc(S(=O)(=O)N2CCN(C(=O)N3CCOCC3)CC2)cc1. The molecular weight excluding hydrogens is 366 g/mol. The highest BCUT2D eigenvalue weighted by Crippen LogP contribution is 2.20. The predicted octanol–water partition coefficient (Wildman–Crippen LogP) is 1.64. The Balaban J connectivity index is 1.60. The second-order valence-corrected chi connectivity index (χ2v) is 9.45. The maximum atomic E-state index is 12.9. The molecule has 0 unspecified atom stereocenters. The van der Waals surface area contributed by atoms with Gasteiger partial charge in [0.15, 0.2) is 0 Å². The zero-order valence-corrected chi connectivity index (χ0v) is 17.0. The zero-order valence-electron chi connectivity index (χ0n) is 16.1. The summed E-state index contributed by atoms with van der Waals surface area (Å²) in [6.45, 7) is 8.09. The number of amides is 2. The summed E-state index contributed by atoms with van der Waals surface area (Å²) >= 11 is 0. The molecule has 0 aliphatic carbocycles. The Morgan fingerprint density at radius 3 is 2.07 bits per heavy atom. The summed E-state index contributed by atoms with van der Waals surface area (Å²) in [5.74, 6) is 0.532. The molecule has 0 N–H and O–H groups in total. The number of benzene rings is 1. The lowest BCUT2D eigenvalue weighted by atomic mass is 10.0. The van der Waals surface area contributed by atoms with Crippen LogP contribution in [0.25, 0.3) is 0 Å². The lowest BCUT2D eigenvalue weighted by Crippen LogP contribution is -2.55. The summed E-state index contributed by atoms with van der Waals surface area (Å²) < 4.78 is 32.5. The van der Waals surface area contributed by atoms with Crippen LogP contribution in [-0.4, -0.2) is 81.0 Å². The molecule has 0 radical (unpaired) electrons. The van der Waals surface area contributed by atoms with Crippen LogP contribution >= 0.6 is 0 Å². The fourth-order valence-corrected chi connectivity index (χ4v) is 4.91. The van der Waals surface area contributed by atoms with Gasteiger partial charge in [0.05, 0.1) is 18.1 Å². The van der Waals surface area contributed by atoms with Gasteiger partial charge in [0, 0.05) is 39.3 Å². The third-order valence-corrected chi connectivity index (χ3v) is 6.91. The summed E-state index contributed by atoms with van der Waals surface area (Å²) in [6, 6.07) is 7.15. The van der Waals surface area contributed by atoms with Gasteiger partial charge in [0.2, 0.25) is 10.0 Å². The fourth-order valence-electron chi connectivity index (χ4n) is 3.49. The van der Waals surface area contributed by atoms with Gasteiger partial charge in [-0.3, -0.25) is 0 Å². The molecule has 8 heteroatoms. The van der Waals surface area contributed by atoms with Gasteiger partial charge in [0.1, 0.15) is 0 Å². The van der Waals surface area contributed by atoms with Crippen LogP contribution in [0.3, 0.4) is 0 Å². The molecule has 2 aliphatic heterocycles. The Morgan fingerprint density at radius 2 is 1.52 bits per heavy atom. The first-order valence-electron chi connectivity index (χ1n) is 9.58. The van der Waals surface area contributed by atoms with E-state index in [1.54, 1.807) is 21.9 Å². The van der Waals surface area contributed by atoms with Gasteiger partial charge < -0.3 is 14.5 Å². The summed E-state index contributed by atoms with van der Waals surface area (Å²) in [4.78, 5) is 16.4. The van der Waals surface area contributed by atoms with Crippen LogP contribution in [0.1, 0.15) is 19.4 Å². The second kappa shape index (κ2) is 8.58. The number of urea groups is 1. The van der Waals surface area contributed by atoms with Crippen LogP contribution in [0.2, 0.25) is 0 Å². The quantitative estimate of drug-likeness (QED) is 0.777. The third kappa shape index (κ3) is 4.80. The van der Waals surface area contributed by atoms with Crippen LogP contribution in [0.4, 0.5) is 4.79 Å². The van der Waals surface area contributed by atoms with E-state index in [1.807, 2.05) is 12.1 Å². The number of hydrogen-bond acceptors (Lipinski definition) is 4. The lowest BCUT2D eigenvalue weighted by Gasteiger charge is -2.38. The molecule has 0 bridgehead atoms. The van der Waals surface area contributed by atoms with E-state index in [1.165, 1.54) is 4.31 Å². The number of hydrogen-bond donors (Lipinski definition) is 0. The number of piperazine rings is 1. The van der Waals surface area contributed by atoms with Gasteiger partial charge in [-0.25, -0.2) is 13.2 Å². The Hall–Kier alpha value is -1.64. The molecule has 7 nitrogen and oxygen atoms in total. The molecule has 1 aromatic carbocycles. The predicted molar refractivity (Wildman–Crippen MR) is 103 cm³/mol. The van der Waals surface area contributed by atoms with Crippen molar-refractivity contribution >= 4 is 16.1 Å². The highest BCUT2D eigenvalue weighted by atomic mass is 32.2. The molecule has 0 aromatic heterocycles. The van der Waals surface area contributed by atoms with Crippen LogP contribution in [0.15, 0.2) is 29.2 Å².